The van der Waals surface area contributed by atoms with Crippen molar-refractivity contribution in [1.82, 2.24) is 9.78 Å². The molecular weight excluding hydrogens is 270 g/mol. The van der Waals surface area contributed by atoms with E-state index in [-0.39, 0.29) is 0 Å². The molecule has 0 aliphatic heterocycles. The second-order valence-corrected chi connectivity index (χ2v) is 4.06. The maximum atomic E-state index is 5.37. The van der Waals surface area contributed by atoms with Gasteiger partial charge < -0.3 is 10.5 Å². The molecule has 2 aromatic rings. The lowest BCUT2D eigenvalue weighted by Gasteiger charge is -2.03. The molecular formula is C11H12BrN3O. The SMILES string of the molecule is NCCOc1cnn(-c2ccccc2Br)c1. The van der Waals surface area contributed by atoms with Gasteiger partial charge in [-0.15, -0.1) is 0 Å². The molecule has 1 aromatic carbocycles. The van der Waals surface area contributed by atoms with E-state index in [0.717, 1.165) is 15.9 Å². The Labute approximate surface area is 102 Å². The van der Waals surface area contributed by atoms with Gasteiger partial charge in [-0.25, -0.2) is 4.68 Å². The number of ether oxygens (including phenoxy) is 1. The highest BCUT2D eigenvalue weighted by Crippen LogP contribution is 2.21. The molecule has 0 saturated carbocycles. The molecule has 2 N–H and O–H groups in total. The number of hydrogen-bond donors (Lipinski definition) is 1. The first-order valence-electron chi connectivity index (χ1n) is 4.93. The number of para-hydroxylation sites is 1. The number of halogens is 1. The number of nitrogens with two attached hydrogens (primary N) is 1. The van der Waals surface area contributed by atoms with Gasteiger partial charge in [-0.2, -0.15) is 5.10 Å². The first-order valence-corrected chi connectivity index (χ1v) is 5.73. The van der Waals surface area contributed by atoms with Gasteiger partial charge in [0.15, 0.2) is 5.75 Å². The quantitative estimate of drug-likeness (QED) is 0.932. The number of aromatic nitrogens is 2. The zero-order valence-corrected chi connectivity index (χ0v) is 10.2. The Morgan fingerprint density at radius 3 is 2.94 bits per heavy atom. The van der Waals surface area contributed by atoms with Crippen LogP contribution in [-0.4, -0.2) is 22.9 Å². The molecule has 0 aliphatic carbocycles. The normalized spacial score (nSPS) is 10.4. The van der Waals surface area contributed by atoms with Crippen molar-refractivity contribution in [1.29, 1.82) is 0 Å². The maximum absolute atomic E-state index is 5.37. The summed E-state index contributed by atoms with van der Waals surface area (Å²) in [5.41, 5.74) is 6.34. The Morgan fingerprint density at radius 2 is 2.19 bits per heavy atom. The molecule has 4 nitrogen and oxygen atoms in total. The molecule has 0 bridgehead atoms. The molecule has 1 aromatic heterocycles. The number of nitrogens with zero attached hydrogens (tertiary/aromatic N) is 2. The monoisotopic (exact) mass is 281 g/mol. The van der Waals surface area contributed by atoms with Crippen molar-refractivity contribution in [2.75, 3.05) is 13.2 Å². The zero-order valence-electron chi connectivity index (χ0n) is 8.64. The Morgan fingerprint density at radius 1 is 1.38 bits per heavy atom. The minimum atomic E-state index is 0.500. The summed E-state index contributed by atoms with van der Waals surface area (Å²) in [4.78, 5) is 0. The third-order valence-corrected chi connectivity index (χ3v) is 2.72. The third kappa shape index (κ3) is 2.43. The third-order valence-electron chi connectivity index (χ3n) is 2.04. The zero-order chi connectivity index (χ0) is 11.4. The summed E-state index contributed by atoms with van der Waals surface area (Å²) in [5.74, 6) is 0.723. The molecule has 1 heterocycles. The van der Waals surface area contributed by atoms with Crippen LogP contribution in [0.4, 0.5) is 0 Å². The van der Waals surface area contributed by atoms with Crippen LogP contribution < -0.4 is 10.5 Å². The second kappa shape index (κ2) is 5.14. The smallest absolute Gasteiger partial charge is 0.157 e. The molecule has 0 radical (unpaired) electrons. The fourth-order valence-corrected chi connectivity index (χ4v) is 1.79. The fourth-order valence-electron chi connectivity index (χ4n) is 1.33. The van der Waals surface area contributed by atoms with Crippen molar-refractivity contribution < 1.29 is 4.74 Å². The van der Waals surface area contributed by atoms with Gasteiger partial charge in [0.1, 0.15) is 6.61 Å². The lowest BCUT2D eigenvalue weighted by atomic mass is 10.3. The van der Waals surface area contributed by atoms with E-state index in [1.165, 1.54) is 0 Å². The van der Waals surface area contributed by atoms with Crippen LogP contribution in [0.15, 0.2) is 41.1 Å². The maximum Gasteiger partial charge on any atom is 0.157 e. The van der Waals surface area contributed by atoms with Crippen molar-refractivity contribution in [3.8, 4) is 11.4 Å². The van der Waals surface area contributed by atoms with Gasteiger partial charge >= 0.3 is 0 Å². The Kier molecular flexibility index (Phi) is 3.58. The van der Waals surface area contributed by atoms with Gasteiger partial charge in [0, 0.05) is 11.0 Å². The molecule has 0 saturated heterocycles. The van der Waals surface area contributed by atoms with Crippen LogP contribution in [0.25, 0.3) is 5.69 Å². The van der Waals surface area contributed by atoms with E-state index in [0.29, 0.717) is 13.2 Å². The summed E-state index contributed by atoms with van der Waals surface area (Å²) < 4.78 is 8.12. The molecule has 0 amide bonds. The number of rotatable bonds is 4. The van der Waals surface area contributed by atoms with Crippen LogP contribution in [0.3, 0.4) is 0 Å². The molecule has 5 heteroatoms. The van der Waals surface area contributed by atoms with Crippen LogP contribution >= 0.6 is 15.9 Å². The highest BCUT2D eigenvalue weighted by molar-refractivity contribution is 9.10. The molecule has 16 heavy (non-hydrogen) atoms. The molecule has 0 fully saturated rings. The van der Waals surface area contributed by atoms with E-state index >= 15 is 0 Å². The van der Waals surface area contributed by atoms with Crippen molar-refractivity contribution in [3.05, 3.63) is 41.1 Å². The van der Waals surface area contributed by atoms with Gasteiger partial charge in [-0.3, -0.25) is 0 Å². The van der Waals surface area contributed by atoms with Crippen LogP contribution in [0.1, 0.15) is 0 Å². The molecule has 0 aliphatic rings. The Hall–Kier alpha value is -1.33. The number of benzene rings is 1. The van der Waals surface area contributed by atoms with Gasteiger partial charge in [0.05, 0.1) is 18.1 Å². The standard InChI is InChI=1S/C11H12BrN3O/c12-10-3-1-2-4-11(10)15-8-9(7-14-15)16-6-5-13/h1-4,7-8H,5-6,13H2. The van der Waals surface area contributed by atoms with E-state index in [2.05, 4.69) is 21.0 Å². The van der Waals surface area contributed by atoms with Gasteiger partial charge in [0.25, 0.3) is 0 Å². The van der Waals surface area contributed by atoms with E-state index in [4.69, 9.17) is 10.5 Å². The minimum absolute atomic E-state index is 0.500. The van der Waals surface area contributed by atoms with Crippen molar-refractivity contribution in [2.24, 2.45) is 5.73 Å². The van der Waals surface area contributed by atoms with Crippen LogP contribution in [0.5, 0.6) is 5.75 Å². The summed E-state index contributed by atoms with van der Waals surface area (Å²) >= 11 is 3.47. The summed E-state index contributed by atoms with van der Waals surface area (Å²) in [7, 11) is 0. The second-order valence-electron chi connectivity index (χ2n) is 3.21. The Bertz CT molecular complexity index is 470. The summed E-state index contributed by atoms with van der Waals surface area (Å²) in [5, 5.41) is 4.22. The van der Waals surface area contributed by atoms with Crippen molar-refractivity contribution in [3.63, 3.8) is 0 Å². The molecule has 0 unspecified atom stereocenters. The first kappa shape index (κ1) is 11.2. The average molecular weight is 282 g/mol. The lowest BCUT2D eigenvalue weighted by Crippen LogP contribution is -2.10. The number of hydrogen-bond acceptors (Lipinski definition) is 3. The molecule has 2 rings (SSSR count). The van der Waals surface area contributed by atoms with E-state index < -0.39 is 0 Å². The average Bonchev–Trinajstić information content (AvgIpc) is 2.75. The molecule has 0 spiro atoms. The Balaban J connectivity index is 2.22. The predicted octanol–water partition coefficient (Wildman–Crippen LogP) is 1.97. The van der Waals surface area contributed by atoms with Gasteiger partial charge in [-0.05, 0) is 28.1 Å². The summed E-state index contributed by atoms with van der Waals surface area (Å²) in [6.45, 7) is 1.00. The fraction of sp³-hybridized carbons (Fsp3) is 0.182. The highest BCUT2D eigenvalue weighted by Gasteiger charge is 2.04. The lowest BCUT2D eigenvalue weighted by molar-refractivity contribution is 0.328. The molecule has 0 atom stereocenters. The van der Waals surface area contributed by atoms with Crippen LogP contribution in [-0.2, 0) is 0 Å². The van der Waals surface area contributed by atoms with Gasteiger partial charge in [0.2, 0.25) is 0 Å². The summed E-state index contributed by atoms with van der Waals surface area (Å²) in [6, 6.07) is 7.87. The van der Waals surface area contributed by atoms with Crippen molar-refractivity contribution >= 4 is 15.9 Å². The largest absolute Gasteiger partial charge is 0.489 e. The van der Waals surface area contributed by atoms with E-state index in [9.17, 15) is 0 Å². The van der Waals surface area contributed by atoms with Gasteiger partial charge in [-0.1, -0.05) is 12.1 Å². The highest BCUT2D eigenvalue weighted by atomic mass is 79.9. The molecule has 84 valence electrons. The van der Waals surface area contributed by atoms with E-state index in [1.807, 2.05) is 30.5 Å². The topological polar surface area (TPSA) is 53.1 Å². The van der Waals surface area contributed by atoms with E-state index in [1.54, 1.807) is 10.9 Å². The first-order chi connectivity index (χ1) is 7.81. The van der Waals surface area contributed by atoms with Crippen LogP contribution in [0.2, 0.25) is 0 Å². The minimum Gasteiger partial charge on any atom is -0.489 e. The van der Waals surface area contributed by atoms with Crippen LogP contribution in [0, 0.1) is 0 Å². The predicted molar refractivity (Wildman–Crippen MR) is 65.8 cm³/mol. The van der Waals surface area contributed by atoms with Crippen molar-refractivity contribution in [2.45, 2.75) is 0 Å². The summed E-state index contributed by atoms with van der Waals surface area (Å²) in [6.07, 6.45) is 3.50.